The summed E-state index contributed by atoms with van der Waals surface area (Å²) in [5, 5.41) is 0. The van der Waals surface area contributed by atoms with Crippen LogP contribution in [0.4, 0.5) is 0 Å². The Morgan fingerprint density at radius 2 is 2.11 bits per heavy atom. The first kappa shape index (κ1) is 15.1. The summed E-state index contributed by atoms with van der Waals surface area (Å²) in [7, 11) is 3.80. The van der Waals surface area contributed by atoms with Crippen LogP contribution in [0.25, 0.3) is 0 Å². The molecule has 1 aromatic rings. The first-order valence-corrected chi connectivity index (χ1v) is 6.45. The molecular weight excluding hydrogens is 228 g/mol. The molecule has 2 N–H and O–H groups in total. The van der Waals surface area contributed by atoms with E-state index in [1.54, 1.807) is 7.11 Å². The fraction of sp³-hybridized carbons (Fsp3) is 0.769. The predicted octanol–water partition coefficient (Wildman–Crippen LogP) is 1.43. The Hall–Kier alpha value is -0.910. The van der Waals surface area contributed by atoms with Crippen molar-refractivity contribution in [2.24, 2.45) is 5.73 Å². The molecule has 0 aliphatic carbocycles. The minimum Gasteiger partial charge on any atom is -0.383 e. The molecule has 0 spiro atoms. The fourth-order valence-electron chi connectivity index (χ4n) is 2.17. The summed E-state index contributed by atoms with van der Waals surface area (Å²) in [5.41, 5.74) is 7.11. The van der Waals surface area contributed by atoms with Crippen molar-refractivity contribution in [1.29, 1.82) is 0 Å². The Morgan fingerprint density at radius 1 is 1.44 bits per heavy atom. The second-order valence-corrected chi connectivity index (χ2v) is 5.04. The fourth-order valence-corrected chi connectivity index (χ4v) is 2.17. The monoisotopic (exact) mass is 254 g/mol. The van der Waals surface area contributed by atoms with Crippen LogP contribution >= 0.6 is 0 Å². The number of hydrogen-bond acceptors (Lipinski definition) is 4. The van der Waals surface area contributed by atoms with E-state index < -0.39 is 0 Å². The van der Waals surface area contributed by atoms with E-state index in [1.165, 1.54) is 0 Å². The van der Waals surface area contributed by atoms with Gasteiger partial charge < -0.3 is 15.0 Å². The molecule has 1 heterocycles. The van der Waals surface area contributed by atoms with E-state index in [-0.39, 0.29) is 6.04 Å². The molecule has 5 nitrogen and oxygen atoms in total. The Labute approximate surface area is 110 Å². The van der Waals surface area contributed by atoms with Gasteiger partial charge in [0.15, 0.2) is 0 Å². The van der Waals surface area contributed by atoms with Crippen LogP contribution in [0.2, 0.25) is 0 Å². The number of aromatic nitrogens is 2. The van der Waals surface area contributed by atoms with Crippen molar-refractivity contribution in [2.45, 2.75) is 38.9 Å². The molecule has 0 aliphatic heterocycles. The minimum atomic E-state index is 0.167. The zero-order chi connectivity index (χ0) is 13.7. The van der Waals surface area contributed by atoms with Gasteiger partial charge in [0.05, 0.1) is 24.7 Å². The zero-order valence-corrected chi connectivity index (χ0v) is 12.1. The van der Waals surface area contributed by atoms with Crippen molar-refractivity contribution in [3.05, 3.63) is 18.2 Å². The quantitative estimate of drug-likeness (QED) is 0.800. The van der Waals surface area contributed by atoms with Gasteiger partial charge in [0.1, 0.15) is 0 Å². The summed E-state index contributed by atoms with van der Waals surface area (Å²) in [6.45, 7) is 7.71. The molecule has 0 radical (unpaired) electrons. The minimum absolute atomic E-state index is 0.167. The molecule has 2 atom stereocenters. The second kappa shape index (κ2) is 6.87. The van der Waals surface area contributed by atoms with Crippen molar-refractivity contribution < 1.29 is 4.74 Å². The first-order chi connectivity index (χ1) is 8.52. The van der Waals surface area contributed by atoms with E-state index in [4.69, 9.17) is 10.5 Å². The number of hydrogen-bond donors (Lipinski definition) is 1. The molecule has 1 rings (SSSR count). The maximum absolute atomic E-state index is 5.94. The van der Waals surface area contributed by atoms with Gasteiger partial charge in [-0.25, -0.2) is 4.98 Å². The molecule has 1 aromatic heterocycles. The molecule has 18 heavy (non-hydrogen) atoms. The standard InChI is InChI=1S/C13H26N4O/c1-10(2)17-9-15-7-13(17)12(6-14)16(4)11(3)8-18-5/h7,9-12H,6,8,14H2,1-5H3. The maximum Gasteiger partial charge on any atom is 0.0951 e. The predicted molar refractivity (Wildman–Crippen MR) is 73.5 cm³/mol. The van der Waals surface area contributed by atoms with Crippen molar-refractivity contribution in [2.75, 3.05) is 27.3 Å². The third-order valence-corrected chi connectivity index (χ3v) is 3.41. The molecule has 0 amide bonds. The summed E-state index contributed by atoms with van der Waals surface area (Å²) < 4.78 is 7.38. The third-order valence-electron chi connectivity index (χ3n) is 3.41. The highest BCUT2D eigenvalue weighted by atomic mass is 16.5. The molecule has 2 unspecified atom stereocenters. The maximum atomic E-state index is 5.94. The molecule has 0 aromatic carbocycles. The van der Waals surface area contributed by atoms with E-state index >= 15 is 0 Å². The van der Waals surface area contributed by atoms with E-state index in [0.717, 1.165) is 5.69 Å². The topological polar surface area (TPSA) is 56.3 Å². The Balaban J connectivity index is 2.91. The lowest BCUT2D eigenvalue weighted by Crippen LogP contribution is -2.40. The van der Waals surface area contributed by atoms with Crippen LogP contribution in [0.3, 0.4) is 0 Å². The van der Waals surface area contributed by atoms with Crippen molar-refractivity contribution >= 4 is 0 Å². The Kier molecular flexibility index (Phi) is 5.78. The summed E-state index contributed by atoms with van der Waals surface area (Å²) >= 11 is 0. The van der Waals surface area contributed by atoms with Crippen LogP contribution in [0.15, 0.2) is 12.5 Å². The first-order valence-electron chi connectivity index (χ1n) is 6.45. The third kappa shape index (κ3) is 3.31. The highest BCUT2D eigenvalue weighted by Crippen LogP contribution is 2.22. The SMILES string of the molecule is COCC(C)N(C)C(CN)c1cncn1C(C)C. The normalized spacial score (nSPS) is 15.3. The Morgan fingerprint density at radius 3 is 2.61 bits per heavy atom. The lowest BCUT2D eigenvalue weighted by atomic mass is 10.1. The average Bonchev–Trinajstić information content (AvgIpc) is 2.79. The van der Waals surface area contributed by atoms with Crippen molar-refractivity contribution in [3.8, 4) is 0 Å². The number of likely N-dealkylation sites (N-methyl/N-ethyl adjacent to an activating group) is 1. The average molecular weight is 254 g/mol. The number of nitrogens with two attached hydrogens (primary N) is 1. The van der Waals surface area contributed by atoms with Crippen LogP contribution < -0.4 is 5.73 Å². The van der Waals surface area contributed by atoms with Crippen LogP contribution in [-0.4, -0.2) is 47.8 Å². The van der Waals surface area contributed by atoms with Crippen molar-refractivity contribution in [3.63, 3.8) is 0 Å². The molecule has 104 valence electrons. The van der Waals surface area contributed by atoms with Crippen LogP contribution in [0.1, 0.15) is 38.5 Å². The van der Waals surface area contributed by atoms with Crippen LogP contribution in [0.5, 0.6) is 0 Å². The smallest absolute Gasteiger partial charge is 0.0951 e. The van der Waals surface area contributed by atoms with Gasteiger partial charge in [-0.3, -0.25) is 4.90 Å². The summed E-state index contributed by atoms with van der Waals surface area (Å²) in [6.07, 6.45) is 3.78. The Bertz CT molecular complexity index is 351. The number of methoxy groups -OCH3 is 1. The summed E-state index contributed by atoms with van der Waals surface area (Å²) in [4.78, 5) is 6.50. The van der Waals surface area contributed by atoms with Gasteiger partial charge in [-0.2, -0.15) is 0 Å². The number of rotatable bonds is 7. The van der Waals surface area contributed by atoms with Gasteiger partial charge in [0.2, 0.25) is 0 Å². The molecule has 5 heteroatoms. The molecule has 0 bridgehead atoms. The molecule has 0 saturated heterocycles. The molecular formula is C13H26N4O. The van der Waals surface area contributed by atoms with Gasteiger partial charge >= 0.3 is 0 Å². The second-order valence-electron chi connectivity index (χ2n) is 5.04. The van der Waals surface area contributed by atoms with E-state index in [9.17, 15) is 0 Å². The van der Waals surface area contributed by atoms with Crippen molar-refractivity contribution in [1.82, 2.24) is 14.5 Å². The lowest BCUT2D eigenvalue weighted by molar-refractivity contribution is 0.0884. The van der Waals surface area contributed by atoms with E-state index in [0.29, 0.717) is 25.2 Å². The van der Waals surface area contributed by atoms with Crippen LogP contribution in [-0.2, 0) is 4.74 Å². The lowest BCUT2D eigenvalue weighted by Gasteiger charge is -2.33. The van der Waals surface area contributed by atoms with Crippen LogP contribution in [0, 0.1) is 0 Å². The zero-order valence-electron chi connectivity index (χ0n) is 12.1. The number of nitrogens with zero attached hydrogens (tertiary/aromatic N) is 3. The molecule has 0 aliphatic rings. The number of ether oxygens (including phenoxy) is 1. The van der Waals surface area contributed by atoms with Gasteiger partial charge in [-0.15, -0.1) is 0 Å². The van der Waals surface area contributed by atoms with E-state index in [1.807, 2.05) is 12.5 Å². The van der Waals surface area contributed by atoms with Gasteiger partial charge in [0, 0.05) is 31.9 Å². The van der Waals surface area contributed by atoms with Gasteiger partial charge in [-0.05, 0) is 27.8 Å². The molecule has 0 saturated carbocycles. The van der Waals surface area contributed by atoms with E-state index in [2.05, 4.69) is 42.3 Å². The largest absolute Gasteiger partial charge is 0.383 e. The summed E-state index contributed by atoms with van der Waals surface area (Å²) in [6, 6.07) is 0.877. The van der Waals surface area contributed by atoms with Gasteiger partial charge in [-0.1, -0.05) is 0 Å². The number of imidazole rings is 1. The van der Waals surface area contributed by atoms with Gasteiger partial charge in [0.25, 0.3) is 0 Å². The highest BCUT2D eigenvalue weighted by Gasteiger charge is 2.23. The molecule has 0 fully saturated rings. The summed E-state index contributed by atoms with van der Waals surface area (Å²) in [5.74, 6) is 0. The highest BCUT2D eigenvalue weighted by molar-refractivity contribution is 5.08.